The molecule has 2 heterocycles. The van der Waals surface area contributed by atoms with E-state index in [1.807, 2.05) is 23.4 Å². The number of pyridine rings is 1. The quantitative estimate of drug-likeness (QED) is 0.832. The molecule has 0 radical (unpaired) electrons. The molecule has 1 saturated carbocycles. The van der Waals surface area contributed by atoms with E-state index in [1.54, 1.807) is 6.20 Å². The van der Waals surface area contributed by atoms with E-state index < -0.39 is 0 Å². The molecule has 2 fully saturated rings. The van der Waals surface area contributed by atoms with Crippen molar-refractivity contribution in [1.29, 1.82) is 0 Å². The molecular weight excluding hydrogens is 280 g/mol. The van der Waals surface area contributed by atoms with Crippen LogP contribution in [0.1, 0.15) is 41.7 Å². The summed E-state index contributed by atoms with van der Waals surface area (Å²) in [6.45, 7) is 3.99. The zero-order valence-electron chi connectivity index (χ0n) is 13.4. The van der Waals surface area contributed by atoms with Crippen LogP contribution in [0.4, 0.5) is 0 Å². The van der Waals surface area contributed by atoms with Gasteiger partial charge in [0, 0.05) is 44.7 Å². The van der Waals surface area contributed by atoms with Crippen LogP contribution in [0, 0.1) is 12.8 Å². The zero-order chi connectivity index (χ0) is 15.7. The fourth-order valence-electron chi connectivity index (χ4n) is 2.95. The molecule has 0 aromatic carbocycles. The van der Waals surface area contributed by atoms with E-state index in [1.165, 1.54) is 18.9 Å². The van der Waals surface area contributed by atoms with Crippen molar-refractivity contribution in [2.45, 2.75) is 38.7 Å². The highest BCUT2D eigenvalue weighted by Gasteiger charge is 2.30. The Balaban J connectivity index is 1.81. The van der Waals surface area contributed by atoms with Gasteiger partial charge in [-0.15, -0.1) is 0 Å². The number of carbonyl (C=O) groups excluding carboxylic acids is 1. The van der Waals surface area contributed by atoms with Gasteiger partial charge in [-0.05, 0) is 38.5 Å². The molecule has 1 amide bonds. The SMILES string of the molecule is Cc1cc(=O)c(C(=O)N(CC2CC2)CC2CCCO2)cn1C. The van der Waals surface area contributed by atoms with Crippen LogP contribution in [0.5, 0.6) is 0 Å². The first kappa shape index (κ1) is 15.3. The Bertz CT molecular complexity index is 613. The number of ether oxygens (including phenoxy) is 1. The van der Waals surface area contributed by atoms with Gasteiger partial charge in [0.05, 0.1) is 6.10 Å². The molecule has 1 atom stereocenters. The molecule has 5 heteroatoms. The van der Waals surface area contributed by atoms with Crippen LogP contribution < -0.4 is 5.43 Å². The van der Waals surface area contributed by atoms with Crippen molar-refractivity contribution >= 4 is 5.91 Å². The lowest BCUT2D eigenvalue weighted by molar-refractivity contribution is 0.0513. The van der Waals surface area contributed by atoms with E-state index in [0.717, 1.165) is 31.7 Å². The van der Waals surface area contributed by atoms with E-state index in [0.29, 0.717) is 12.5 Å². The summed E-state index contributed by atoms with van der Waals surface area (Å²) >= 11 is 0. The average molecular weight is 304 g/mol. The fraction of sp³-hybridized carbons (Fsp3) is 0.647. The van der Waals surface area contributed by atoms with E-state index in [-0.39, 0.29) is 23.0 Å². The Labute approximate surface area is 130 Å². The Morgan fingerprint density at radius 3 is 2.77 bits per heavy atom. The minimum Gasteiger partial charge on any atom is -0.376 e. The first-order valence-corrected chi connectivity index (χ1v) is 8.12. The summed E-state index contributed by atoms with van der Waals surface area (Å²) in [6.07, 6.45) is 6.21. The minimum atomic E-state index is -0.186. The van der Waals surface area contributed by atoms with Crippen LogP contribution in [0.2, 0.25) is 0 Å². The summed E-state index contributed by atoms with van der Waals surface area (Å²) in [7, 11) is 1.86. The molecule has 2 aliphatic rings. The van der Waals surface area contributed by atoms with Gasteiger partial charge in [0.25, 0.3) is 5.91 Å². The van der Waals surface area contributed by atoms with Gasteiger partial charge in [-0.25, -0.2) is 0 Å². The third-order valence-corrected chi connectivity index (χ3v) is 4.63. The summed E-state index contributed by atoms with van der Waals surface area (Å²) < 4.78 is 7.50. The van der Waals surface area contributed by atoms with Crippen molar-refractivity contribution in [2.24, 2.45) is 13.0 Å². The third kappa shape index (κ3) is 3.40. The van der Waals surface area contributed by atoms with Gasteiger partial charge in [0.15, 0.2) is 5.43 Å². The molecule has 22 heavy (non-hydrogen) atoms. The third-order valence-electron chi connectivity index (χ3n) is 4.63. The highest BCUT2D eigenvalue weighted by molar-refractivity contribution is 5.94. The number of hydrogen-bond acceptors (Lipinski definition) is 3. The van der Waals surface area contributed by atoms with Crippen LogP contribution >= 0.6 is 0 Å². The average Bonchev–Trinajstić information content (AvgIpc) is 3.15. The highest BCUT2D eigenvalue weighted by Crippen LogP contribution is 2.30. The highest BCUT2D eigenvalue weighted by atomic mass is 16.5. The van der Waals surface area contributed by atoms with Crippen LogP contribution in [-0.2, 0) is 11.8 Å². The van der Waals surface area contributed by atoms with Crippen LogP contribution in [-0.4, -0.2) is 41.2 Å². The topological polar surface area (TPSA) is 51.5 Å². The van der Waals surface area contributed by atoms with Gasteiger partial charge in [0.2, 0.25) is 0 Å². The molecule has 1 unspecified atom stereocenters. The number of nitrogens with zero attached hydrogens (tertiary/aromatic N) is 2. The molecule has 5 nitrogen and oxygen atoms in total. The number of amides is 1. The van der Waals surface area contributed by atoms with Crippen molar-refractivity contribution in [3.8, 4) is 0 Å². The first-order chi connectivity index (χ1) is 10.5. The molecule has 1 aliphatic carbocycles. The smallest absolute Gasteiger partial charge is 0.259 e. The molecule has 0 N–H and O–H groups in total. The Morgan fingerprint density at radius 2 is 2.14 bits per heavy atom. The molecule has 120 valence electrons. The van der Waals surface area contributed by atoms with Crippen LogP contribution in [0.25, 0.3) is 0 Å². The lowest BCUT2D eigenvalue weighted by Gasteiger charge is -2.25. The maximum Gasteiger partial charge on any atom is 0.259 e. The van der Waals surface area contributed by atoms with Gasteiger partial charge in [-0.3, -0.25) is 9.59 Å². The largest absolute Gasteiger partial charge is 0.376 e. The lowest BCUT2D eigenvalue weighted by atomic mass is 10.1. The summed E-state index contributed by atoms with van der Waals surface area (Å²) in [5, 5.41) is 0. The van der Waals surface area contributed by atoms with Crippen LogP contribution in [0.3, 0.4) is 0 Å². The second-order valence-electron chi connectivity index (χ2n) is 6.59. The minimum absolute atomic E-state index is 0.122. The lowest BCUT2D eigenvalue weighted by Crippen LogP contribution is -2.40. The summed E-state index contributed by atoms with van der Waals surface area (Å²) in [5.74, 6) is 0.447. The van der Waals surface area contributed by atoms with Gasteiger partial charge >= 0.3 is 0 Å². The van der Waals surface area contributed by atoms with E-state index in [9.17, 15) is 9.59 Å². The summed E-state index contributed by atoms with van der Waals surface area (Å²) in [6, 6.07) is 1.54. The maximum absolute atomic E-state index is 12.8. The molecule has 1 aliphatic heterocycles. The van der Waals surface area contributed by atoms with E-state index >= 15 is 0 Å². The van der Waals surface area contributed by atoms with E-state index in [4.69, 9.17) is 4.74 Å². The zero-order valence-corrected chi connectivity index (χ0v) is 13.4. The predicted molar refractivity (Wildman–Crippen MR) is 84.0 cm³/mol. The predicted octanol–water partition coefficient (Wildman–Crippen LogP) is 1.72. The normalized spacial score (nSPS) is 21.1. The number of carbonyl (C=O) groups is 1. The Hall–Kier alpha value is -1.62. The molecule has 1 saturated heterocycles. The van der Waals surface area contributed by atoms with Crippen molar-refractivity contribution in [1.82, 2.24) is 9.47 Å². The molecule has 1 aromatic heterocycles. The van der Waals surface area contributed by atoms with Crippen molar-refractivity contribution in [2.75, 3.05) is 19.7 Å². The van der Waals surface area contributed by atoms with Crippen molar-refractivity contribution in [3.63, 3.8) is 0 Å². The van der Waals surface area contributed by atoms with Crippen molar-refractivity contribution in [3.05, 3.63) is 33.7 Å². The van der Waals surface area contributed by atoms with Crippen molar-refractivity contribution < 1.29 is 9.53 Å². The fourth-order valence-corrected chi connectivity index (χ4v) is 2.95. The molecule has 1 aromatic rings. The molecular formula is C17H24N2O3. The van der Waals surface area contributed by atoms with Gasteiger partial charge in [-0.1, -0.05) is 0 Å². The Kier molecular flexibility index (Phi) is 4.34. The van der Waals surface area contributed by atoms with Gasteiger partial charge in [0.1, 0.15) is 5.56 Å². The molecule has 0 spiro atoms. The van der Waals surface area contributed by atoms with Crippen LogP contribution in [0.15, 0.2) is 17.1 Å². The standard InChI is InChI=1S/C17H24N2O3/c1-12-8-16(20)15(11-18(12)2)17(21)19(9-13-5-6-13)10-14-4-3-7-22-14/h8,11,13-14H,3-7,9-10H2,1-2H3. The number of rotatable bonds is 5. The summed E-state index contributed by atoms with van der Waals surface area (Å²) in [4.78, 5) is 26.9. The molecule has 0 bridgehead atoms. The number of hydrogen-bond donors (Lipinski definition) is 0. The maximum atomic E-state index is 12.8. The van der Waals surface area contributed by atoms with E-state index in [2.05, 4.69) is 0 Å². The molecule has 3 rings (SSSR count). The number of aromatic nitrogens is 1. The second kappa shape index (κ2) is 6.24. The van der Waals surface area contributed by atoms with Gasteiger partial charge < -0.3 is 14.2 Å². The Morgan fingerprint density at radius 1 is 1.36 bits per heavy atom. The summed E-state index contributed by atoms with van der Waals surface area (Å²) in [5.41, 5.74) is 0.940. The second-order valence-corrected chi connectivity index (χ2v) is 6.59. The first-order valence-electron chi connectivity index (χ1n) is 8.12. The monoisotopic (exact) mass is 304 g/mol. The number of aryl methyl sites for hydroxylation is 2. The van der Waals surface area contributed by atoms with Gasteiger partial charge in [-0.2, -0.15) is 0 Å².